The van der Waals surface area contributed by atoms with Crippen molar-refractivity contribution in [1.82, 2.24) is 0 Å². The minimum absolute atomic E-state index is 0.102. The number of hydrogen-bond acceptors (Lipinski definition) is 4. The first kappa shape index (κ1) is 28.7. The van der Waals surface area contributed by atoms with Crippen LogP contribution >= 0.6 is 0 Å². The average molecular weight is 752 g/mol. The molecule has 1 heterocycles. The quantitative estimate of drug-likeness (QED) is 0.248. The van der Waals surface area contributed by atoms with Gasteiger partial charge in [0.15, 0.2) is 0 Å². The van der Waals surface area contributed by atoms with Crippen molar-refractivity contribution in [1.29, 1.82) is 0 Å². The molecule has 0 aliphatic carbocycles. The second kappa shape index (κ2) is 14.7. The van der Waals surface area contributed by atoms with Crippen LogP contribution in [0.5, 0.6) is 0 Å². The Hall–Kier alpha value is -2.86. The van der Waals surface area contributed by atoms with Crippen molar-refractivity contribution in [3.63, 3.8) is 0 Å². The molecule has 0 bridgehead atoms. The summed E-state index contributed by atoms with van der Waals surface area (Å²) in [6, 6.07) is 34.8. The maximum absolute atomic E-state index is 4.88. The molecule has 2 atom stereocenters. The van der Waals surface area contributed by atoms with Crippen LogP contribution < -0.4 is 14.4 Å². The summed E-state index contributed by atoms with van der Waals surface area (Å²) < 4.78 is 5.52. The van der Waals surface area contributed by atoms with Gasteiger partial charge in [0.2, 0.25) is 0 Å². The molecule has 0 saturated carbocycles. The third kappa shape index (κ3) is 8.09. The molecule has 2 unspecified atom stereocenters. The van der Waals surface area contributed by atoms with E-state index in [0.717, 1.165) is 0 Å². The Labute approximate surface area is 257 Å². The molecule has 1 aliphatic heterocycles. The summed E-state index contributed by atoms with van der Waals surface area (Å²) in [6.07, 6.45) is 8.15. The third-order valence-corrected chi connectivity index (χ3v) is 13.0. The fourth-order valence-corrected chi connectivity index (χ4v) is 9.82. The van der Waals surface area contributed by atoms with Gasteiger partial charge < -0.3 is 0 Å². The summed E-state index contributed by atoms with van der Waals surface area (Å²) in [7, 11) is 0. The number of rotatable bonds is 0. The molecule has 200 valence electrons. The second-order valence-corrected chi connectivity index (χ2v) is 15.8. The van der Waals surface area contributed by atoms with Gasteiger partial charge in [0.05, 0.1) is 0 Å². The van der Waals surface area contributed by atoms with E-state index in [1.54, 1.807) is 0 Å². The molecule has 0 N–H and O–H groups in total. The molecule has 4 nitrogen and oxygen atoms in total. The molecule has 0 aromatic heterocycles. The van der Waals surface area contributed by atoms with Crippen LogP contribution in [0.15, 0.2) is 117 Å². The Morgan fingerprint density at radius 1 is 0.450 bits per heavy atom. The number of hydrogen-bond donors (Lipinski definition) is 0. The zero-order valence-corrected chi connectivity index (χ0v) is 27.4. The summed E-state index contributed by atoms with van der Waals surface area (Å²) >= 11 is -1.24. The van der Waals surface area contributed by atoms with E-state index < -0.39 is 41.8 Å². The van der Waals surface area contributed by atoms with E-state index in [9.17, 15) is 0 Å². The minimum atomic E-state index is -0.618. The molecule has 5 rings (SSSR count). The van der Waals surface area contributed by atoms with E-state index in [4.69, 9.17) is 20.0 Å². The molecule has 4 aromatic rings. The van der Waals surface area contributed by atoms with Gasteiger partial charge >= 0.3 is 259 Å². The summed E-state index contributed by atoms with van der Waals surface area (Å²) in [5.41, 5.74) is 4.80. The summed E-state index contributed by atoms with van der Waals surface area (Å²) in [5.74, 6) is 0. The van der Waals surface area contributed by atoms with Crippen molar-refractivity contribution in [2.75, 3.05) is 13.1 Å². The van der Waals surface area contributed by atoms with E-state index in [0.29, 0.717) is 13.1 Å². The van der Waals surface area contributed by atoms with Crippen LogP contribution in [0.3, 0.4) is 0 Å². The van der Waals surface area contributed by atoms with Gasteiger partial charge in [-0.1, -0.05) is 0 Å². The Morgan fingerprint density at radius 2 is 0.750 bits per heavy atom. The van der Waals surface area contributed by atoms with Crippen LogP contribution in [0.2, 0.25) is 0 Å². The second-order valence-electron chi connectivity index (χ2n) is 9.60. The molecule has 40 heavy (non-hydrogen) atoms. The number of benzene rings is 4. The number of aliphatic imine (C=N–C) groups is 4. The van der Waals surface area contributed by atoms with Gasteiger partial charge in [-0.25, -0.2) is 0 Å². The van der Waals surface area contributed by atoms with Crippen LogP contribution in [0, 0.1) is 0 Å². The summed E-state index contributed by atoms with van der Waals surface area (Å²) in [5, 5.41) is 0. The molecule has 0 fully saturated rings. The van der Waals surface area contributed by atoms with Crippen molar-refractivity contribution in [3.05, 3.63) is 119 Å². The Kier molecular flexibility index (Phi) is 10.5. The van der Waals surface area contributed by atoms with Gasteiger partial charge in [0.25, 0.3) is 0 Å². The van der Waals surface area contributed by atoms with Gasteiger partial charge in [0, 0.05) is 0 Å². The normalized spacial score (nSPS) is 17.9. The van der Waals surface area contributed by atoms with Crippen molar-refractivity contribution >= 4 is 81.2 Å². The Bertz CT molecular complexity index is 1440. The molecule has 0 spiro atoms. The van der Waals surface area contributed by atoms with Crippen LogP contribution in [0.4, 0.5) is 0 Å². The number of fused-ring (bicyclic) bond motifs is 4. The molecule has 6 heteroatoms. The molecule has 1 aliphatic rings. The summed E-state index contributed by atoms with van der Waals surface area (Å²) in [6.45, 7) is 5.58. The first-order valence-corrected chi connectivity index (χ1v) is 18.1. The van der Waals surface area contributed by atoms with Gasteiger partial charge in [-0.15, -0.1) is 0 Å². The fourth-order valence-electron chi connectivity index (χ4n) is 4.07. The van der Waals surface area contributed by atoms with Crippen LogP contribution in [-0.2, 0) is 0 Å². The van der Waals surface area contributed by atoms with Crippen molar-refractivity contribution in [3.8, 4) is 0 Å². The van der Waals surface area contributed by atoms with Crippen molar-refractivity contribution in [2.24, 2.45) is 20.0 Å². The predicted octanol–water partition coefficient (Wildman–Crippen LogP) is 3.16. The van der Waals surface area contributed by atoms with Crippen molar-refractivity contribution in [2.45, 2.75) is 25.9 Å². The van der Waals surface area contributed by atoms with Crippen molar-refractivity contribution < 1.29 is 0 Å². The first-order chi connectivity index (χ1) is 19.7. The third-order valence-electron chi connectivity index (χ3n) is 6.25. The van der Waals surface area contributed by atoms with Crippen LogP contribution in [0.1, 0.15) is 36.1 Å². The Morgan fingerprint density at radius 3 is 1.10 bits per heavy atom. The van der Waals surface area contributed by atoms with Gasteiger partial charge in [-0.05, 0) is 0 Å². The SMILES string of the molecule is CC1CN=Cc2ccccc2[Te]c2ccccc2C=NC(C)CN=Cc2ccccc2[Te]c2ccccc2C=N1. The summed E-state index contributed by atoms with van der Waals surface area (Å²) in [4.78, 5) is 19.4. The average Bonchev–Trinajstić information content (AvgIpc) is 2.97. The first-order valence-electron chi connectivity index (χ1n) is 13.4. The molecular formula is C34H32N4Te2. The molecule has 0 saturated heterocycles. The van der Waals surface area contributed by atoms with Gasteiger partial charge in [-0.3, -0.25) is 0 Å². The van der Waals surface area contributed by atoms with Gasteiger partial charge in [-0.2, -0.15) is 0 Å². The monoisotopic (exact) mass is 756 g/mol. The molecule has 0 amide bonds. The van der Waals surface area contributed by atoms with E-state index in [2.05, 4.69) is 111 Å². The van der Waals surface area contributed by atoms with Gasteiger partial charge in [0.1, 0.15) is 0 Å². The molecule has 4 aromatic carbocycles. The van der Waals surface area contributed by atoms with E-state index >= 15 is 0 Å². The molecule has 0 radical (unpaired) electrons. The zero-order chi connectivity index (χ0) is 27.6. The van der Waals surface area contributed by atoms with E-state index in [1.165, 1.54) is 36.7 Å². The molecular weight excluding hydrogens is 720 g/mol. The van der Waals surface area contributed by atoms with E-state index in [1.807, 2.05) is 24.9 Å². The van der Waals surface area contributed by atoms with Crippen LogP contribution in [0.25, 0.3) is 0 Å². The predicted molar refractivity (Wildman–Crippen MR) is 175 cm³/mol. The fraction of sp³-hybridized carbons (Fsp3) is 0.176. The van der Waals surface area contributed by atoms with Crippen LogP contribution in [-0.4, -0.2) is 91.9 Å². The topological polar surface area (TPSA) is 49.4 Å². The van der Waals surface area contributed by atoms with E-state index in [-0.39, 0.29) is 12.1 Å². The Balaban J connectivity index is 1.49. The standard InChI is InChI=1S/C34H32N4Te2/c1-25-19-35-21-27-11-3-7-15-31(27)40-34-18-10-6-14-30(34)24-38-26(2)20-36-22-28-12-4-8-16-32(28)39-33-17-9-5-13-29(33)23-37-25/h3-18,21-26H,19-20H2,1-2H3. The number of nitrogens with zero attached hydrogens (tertiary/aromatic N) is 4. The zero-order valence-electron chi connectivity index (χ0n) is 22.7. The maximum atomic E-state index is 4.88.